The Hall–Kier alpha value is -1.42. The first-order chi connectivity index (χ1) is 10.2. The summed E-state index contributed by atoms with van der Waals surface area (Å²) < 4.78 is 14.0. The van der Waals surface area contributed by atoms with Crippen molar-refractivity contribution in [2.24, 2.45) is 11.8 Å². The van der Waals surface area contributed by atoms with Crippen LogP contribution in [-0.4, -0.2) is 23.9 Å². The van der Waals surface area contributed by atoms with Gasteiger partial charge in [-0.1, -0.05) is 44.4 Å². The summed E-state index contributed by atoms with van der Waals surface area (Å²) in [4.78, 5) is 14.0. The SMILES string of the molecule is CC1CCCCC1CN1C(=O)CNC1c1ccccc1F. The Labute approximate surface area is 125 Å². The number of halogens is 1. The van der Waals surface area contributed by atoms with Crippen LogP contribution in [0.15, 0.2) is 24.3 Å². The Balaban J connectivity index is 1.78. The lowest BCUT2D eigenvalue weighted by Crippen LogP contribution is -2.37. The smallest absolute Gasteiger partial charge is 0.238 e. The summed E-state index contributed by atoms with van der Waals surface area (Å²) in [5.41, 5.74) is 0.576. The molecule has 4 heteroatoms. The van der Waals surface area contributed by atoms with Crippen LogP contribution in [0.4, 0.5) is 4.39 Å². The minimum atomic E-state index is -0.312. The van der Waals surface area contributed by atoms with E-state index in [4.69, 9.17) is 0 Å². The lowest BCUT2D eigenvalue weighted by molar-refractivity contribution is -0.129. The molecule has 3 atom stereocenters. The molecule has 2 aliphatic rings. The van der Waals surface area contributed by atoms with Crippen molar-refractivity contribution in [1.82, 2.24) is 10.2 Å². The van der Waals surface area contributed by atoms with E-state index in [0.29, 0.717) is 23.9 Å². The number of nitrogens with zero attached hydrogens (tertiary/aromatic N) is 1. The summed E-state index contributed by atoms with van der Waals surface area (Å²) in [7, 11) is 0. The topological polar surface area (TPSA) is 32.3 Å². The molecule has 1 amide bonds. The first-order valence-corrected chi connectivity index (χ1v) is 7.94. The molecule has 0 spiro atoms. The molecule has 2 fully saturated rings. The van der Waals surface area contributed by atoms with Crippen LogP contribution < -0.4 is 5.32 Å². The fourth-order valence-corrected chi connectivity index (χ4v) is 3.64. The molecule has 1 saturated heterocycles. The third-order valence-corrected chi connectivity index (χ3v) is 5.00. The molecule has 0 bridgehead atoms. The third kappa shape index (κ3) is 2.95. The zero-order valence-corrected chi connectivity index (χ0v) is 12.5. The highest BCUT2D eigenvalue weighted by molar-refractivity contribution is 5.81. The van der Waals surface area contributed by atoms with Crippen LogP contribution in [0.5, 0.6) is 0 Å². The number of amides is 1. The van der Waals surface area contributed by atoms with E-state index in [1.165, 1.54) is 31.7 Å². The van der Waals surface area contributed by atoms with Gasteiger partial charge in [0.1, 0.15) is 12.0 Å². The predicted molar refractivity (Wildman–Crippen MR) is 80.0 cm³/mol. The molecule has 1 aliphatic heterocycles. The number of nitrogens with one attached hydrogen (secondary N) is 1. The highest BCUT2D eigenvalue weighted by Crippen LogP contribution is 2.33. The fraction of sp³-hybridized carbons (Fsp3) is 0.588. The largest absolute Gasteiger partial charge is 0.321 e. The van der Waals surface area contributed by atoms with Crippen molar-refractivity contribution in [3.8, 4) is 0 Å². The van der Waals surface area contributed by atoms with Gasteiger partial charge in [-0.2, -0.15) is 0 Å². The van der Waals surface area contributed by atoms with E-state index in [1.807, 2.05) is 11.0 Å². The van der Waals surface area contributed by atoms with E-state index in [1.54, 1.807) is 12.1 Å². The van der Waals surface area contributed by atoms with Crippen LogP contribution in [0, 0.1) is 17.7 Å². The fourth-order valence-electron chi connectivity index (χ4n) is 3.64. The summed E-state index contributed by atoms with van der Waals surface area (Å²) in [6.45, 7) is 3.32. The zero-order valence-electron chi connectivity index (χ0n) is 12.5. The maximum Gasteiger partial charge on any atom is 0.238 e. The summed E-state index contributed by atoms with van der Waals surface area (Å²) in [5.74, 6) is 1.03. The summed E-state index contributed by atoms with van der Waals surface area (Å²) >= 11 is 0. The van der Waals surface area contributed by atoms with E-state index < -0.39 is 0 Å². The number of carbonyl (C=O) groups excluding carboxylic acids is 1. The zero-order chi connectivity index (χ0) is 14.8. The Morgan fingerprint density at radius 1 is 1.29 bits per heavy atom. The second kappa shape index (κ2) is 6.14. The van der Waals surface area contributed by atoms with Gasteiger partial charge in [0, 0.05) is 12.1 Å². The second-order valence-corrected chi connectivity index (χ2v) is 6.37. The van der Waals surface area contributed by atoms with Crippen molar-refractivity contribution >= 4 is 5.91 Å². The number of carbonyl (C=O) groups is 1. The Morgan fingerprint density at radius 2 is 2.05 bits per heavy atom. The van der Waals surface area contributed by atoms with Crippen molar-refractivity contribution in [2.75, 3.05) is 13.1 Å². The molecule has 1 heterocycles. The van der Waals surface area contributed by atoms with Gasteiger partial charge in [-0.3, -0.25) is 10.1 Å². The van der Waals surface area contributed by atoms with Crippen molar-refractivity contribution in [2.45, 2.75) is 38.8 Å². The van der Waals surface area contributed by atoms with Crippen molar-refractivity contribution in [3.05, 3.63) is 35.6 Å². The molecule has 3 rings (SSSR count). The van der Waals surface area contributed by atoms with Gasteiger partial charge < -0.3 is 4.90 Å². The Kier molecular flexibility index (Phi) is 4.24. The molecule has 1 aliphatic carbocycles. The van der Waals surface area contributed by atoms with E-state index in [0.717, 1.165) is 6.54 Å². The van der Waals surface area contributed by atoms with Crippen molar-refractivity contribution in [1.29, 1.82) is 0 Å². The second-order valence-electron chi connectivity index (χ2n) is 6.37. The highest BCUT2D eigenvalue weighted by Gasteiger charge is 2.35. The van der Waals surface area contributed by atoms with Gasteiger partial charge in [0.25, 0.3) is 0 Å². The number of hydrogen-bond donors (Lipinski definition) is 1. The minimum absolute atomic E-state index is 0.0843. The van der Waals surface area contributed by atoms with Crippen LogP contribution in [0.2, 0.25) is 0 Å². The van der Waals surface area contributed by atoms with E-state index in [2.05, 4.69) is 12.2 Å². The molecule has 3 nitrogen and oxygen atoms in total. The number of rotatable bonds is 3. The highest BCUT2D eigenvalue weighted by atomic mass is 19.1. The van der Waals surface area contributed by atoms with Gasteiger partial charge in [0.05, 0.1) is 6.54 Å². The quantitative estimate of drug-likeness (QED) is 0.928. The maximum atomic E-state index is 14.0. The normalized spacial score (nSPS) is 29.9. The number of hydrogen-bond acceptors (Lipinski definition) is 2. The molecule has 0 aromatic heterocycles. The molecular formula is C17H23FN2O. The molecule has 3 unspecified atom stereocenters. The van der Waals surface area contributed by atoms with Crippen molar-refractivity contribution in [3.63, 3.8) is 0 Å². The predicted octanol–water partition coefficient (Wildman–Crippen LogP) is 3.08. The summed E-state index contributed by atoms with van der Waals surface area (Å²) in [5, 5.41) is 3.15. The van der Waals surface area contributed by atoms with Gasteiger partial charge in [-0.05, 0) is 24.3 Å². The van der Waals surface area contributed by atoms with Gasteiger partial charge >= 0.3 is 0 Å². The molecule has 1 aromatic carbocycles. The molecular weight excluding hydrogens is 267 g/mol. The standard InChI is InChI=1S/C17H23FN2O/c1-12-6-2-3-7-13(12)11-20-16(21)10-19-17(20)14-8-4-5-9-15(14)18/h4-5,8-9,12-13,17,19H,2-3,6-7,10-11H2,1H3. The maximum absolute atomic E-state index is 14.0. The van der Waals surface area contributed by atoms with Gasteiger partial charge in [-0.25, -0.2) is 4.39 Å². The van der Waals surface area contributed by atoms with Gasteiger partial charge in [0.2, 0.25) is 5.91 Å². The first kappa shape index (κ1) is 14.5. The van der Waals surface area contributed by atoms with E-state index in [-0.39, 0.29) is 17.9 Å². The monoisotopic (exact) mass is 290 g/mol. The average Bonchev–Trinajstić information content (AvgIpc) is 2.83. The summed E-state index contributed by atoms with van der Waals surface area (Å²) in [6.07, 6.45) is 4.64. The van der Waals surface area contributed by atoms with Crippen LogP contribution in [0.25, 0.3) is 0 Å². The van der Waals surface area contributed by atoms with Crippen LogP contribution in [-0.2, 0) is 4.79 Å². The molecule has 0 radical (unpaired) electrons. The van der Waals surface area contributed by atoms with E-state index >= 15 is 0 Å². The van der Waals surface area contributed by atoms with Gasteiger partial charge in [0.15, 0.2) is 0 Å². The van der Waals surface area contributed by atoms with Crippen LogP contribution in [0.3, 0.4) is 0 Å². The van der Waals surface area contributed by atoms with Crippen molar-refractivity contribution < 1.29 is 9.18 Å². The number of benzene rings is 1. The molecule has 1 aromatic rings. The Morgan fingerprint density at radius 3 is 2.81 bits per heavy atom. The minimum Gasteiger partial charge on any atom is -0.321 e. The molecule has 114 valence electrons. The average molecular weight is 290 g/mol. The van der Waals surface area contributed by atoms with Crippen LogP contribution >= 0.6 is 0 Å². The lowest BCUT2D eigenvalue weighted by atomic mass is 9.80. The van der Waals surface area contributed by atoms with Gasteiger partial charge in [-0.15, -0.1) is 0 Å². The Bertz CT molecular complexity index is 519. The van der Waals surface area contributed by atoms with Crippen LogP contribution in [0.1, 0.15) is 44.3 Å². The lowest BCUT2D eigenvalue weighted by Gasteiger charge is -2.34. The summed E-state index contributed by atoms with van der Waals surface area (Å²) in [6, 6.07) is 6.73. The first-order valence-electron chi connectivity index (χ1n) is 7.94. The van der Waals surface area contributed by atoms with E-state index in [9.17, 15) is 9.18 Å². The molecule has 1 N–H and O–H groups in total. The third-order valence-electron chi connectivity index (χ3n) is 5.00. The molecule has 21 heavy (non-hydrogen) atoms. The molecule has 1 saturated carbocycles.